The molecular weight excluding hydrogens is 1480 g/mol. The molecule has 0 radical (unpaired) electrons. The molecule has 0 unspecified atom stereocenters. The molecule has 6 fully saturated rings. The van der Waals surface area contributed by atoms with Crippen LogP contribution in [0, 0.1) is 5.92 Å². The van der Waals surface area contributed by atoms with E-state index in [1.54, 1.807) is 103 Å². The zero-order valence-corrected chi connectivity index (χ0v) is 66.1. The Hall–Kier alpha value is -11.9. The number of carbonyl (C=O) groups excluding carboxylic acids is 10. The van der Waals surface area contributed by atoms with Gasteiger partial charge in [0, 0.05) is 143 Å². The van der Waals surface area contributed by atoms with Crippen LogP contribution in [0.25, 0.3) is 0 Å². The van der Waals surface area contributed by atoms with E-state index in [1.165, 1.54) is 12.8 Å². The van der Waals surface area contributed by atoms with Gasteiger partial charge < -0.3 is 49.8 Å². The van der Waals surface area contributed by atoms with Gasteiger partial charge in [0.2, 0.25) is 5.91 Å². The van der Waals surface area contributed by atoms with Crippen molar-refractivity contribution in [3.63, 3.8) is 0 Å². The van der Waals surface area contributed by atoms with Gasteiger partial charge in [-0.3, -0.25) is 58.8 Å². The number of nitrogens with one attached hydrogen (secondary N) is 5. The van der Waals surface area contributed by atoms with Crippen LogP contribution < -0.4 is 27.1 Å². The largest absolute Gasteiger partial charge is 0.355 e. The lowest BCUT2D eigenvalue weighted by Gasteiger charge is -2.46. The SMILES string of the molecule is CN(C)C(=O)N1CCC2(CC1)c1ccccc1C(=O)N2Cc1ccc(C(=O)NO)cc1.CNC(=O)c1ccc(CN2C(=O)c3ccccc3C23CCN(C(=O)C2CC2)CC3)cc1.O=C(NO)c1ccc(CN2C(=O)c3ccccc3C23CCN(C2CC2)CC3)cc1.O=C(NO)c1ccc(CN2C(=O)c3ccccc3C23CCNCC3)cc1. The van der Waals surface area contributed by atoms with E-state index in [0.29, 0.717) is 93.0 Å². The van der Waals surface area contributed by atoms with Gasteiger partial charge >= 0.3 is 6.03 Å². The van der Waals surface area contributed by atoms with Crippen LogP contribution in [0.4, 0.5) is 4.79 Å². The average molecular weight is 1580 g/mol. The first-order valence-electron chi connectivity index (χ1n) is 40.5. The third kappa shape index (κ3) is 15.5. The summed E-state index contributed by atoms with van der Waals surface area (Å²) in [6.45, 7) is 8.22. The molecule has 26 heteroatoms. The maximum absolute atomic E-state index is 13.4. The standard InChI is InChI=1S/C25H27N3O3.C23H26N4O4.C23H25N3O3.C20H21N3O3/c1-26-22(29)18-8-6-17(7-9-18)16-28-24(31)20-4-2-3-5-21(20)25(28)12-14-27(15-13-25)23(30)19-10-11-19;1-25(2)22(30)26-13-11-23(12-14-26)19-6-4-3-5-18(19)21(29)27(23)15-16-7-9-17(10-8-16)20(28)24-31;27-21(24-29)17-7-5-16(6-8-17)15-26-22(28)19-3-1-2-4-20(19)23(26)11-13-25(14-12-23)18-9-10-18;24-18(22-26)15-7-5-14(6-8-15)13-23-19(25)16-3-1-2-4-17(16)20(23)9-11-21-12-10-20/h2-9,19H,10-16H2,1H3,(H,26,29);3-10,31H,11-15H2,1-2H3,(H,24,28);1-8,18,29H,9-15H2,(H,24,27);1-8,21,26H,9-13H2,(H,22,24). The molecule has 26 nitrogen and oxygen atoms in total. The van der Waals surface area contributed by atoms with E-state index in [4.69, 9.17) is 15.6 Å². The Morgan fingerprint density at radius 1 is 0.376 bits per heavy atom. The summed E-state index contributed by atoms with van der Waals surface area (Å²) in [6, 6.07) is 60.6. The van der Waals surface area contributed by atoms with Crippen molar-refractivity contribution in [2.75, 3.05) is 73.5 Å². The zero-order valence-electron chi connectivity index (χ0n) is 66.1. The van der Waals surface area contributed by atoms with Crippen molar-refractivity contribution in [3.8, 4) is 0 Å². The minimum Gasteiger partial charge on any atom is -0.355 e. The minimum absolute atomic E-state index is 0.0137. The van der Waals surface area contributed by atoms with Crippen molar-refractivity contribution in [1.82, 2.24) is 66.3 Å². The summed E-state index contributed by atoms with van der Waals surface area (Å²) >= 11 is 0. The van der Waals surface area contributed by atoms with Crippen LogP contribution in [0.15, 0.2) is 194 Å². The number of fused-ring (bicyclic) bond motifs is 8. The van der Waals surface area contributed by atoms with Crippen LogP contribution in [-0.2, 0) is 53.1 Å². The number of amides is 11. The second-order valence-electron chi connectivity index (χ2n) is 32.3. The summed E-state index contributed by atoms with van der Waals surface area (Å²) in [6.07, 6.45) is 11.2. The third-order valence-electron chi connectivity index (χ3n) is 25.6. The molecule has 4 saturated heterocycles. The lowest BCUT2D eigenvalue weighted by Crippen LogP contribution is -2.53. The Balaban J connectivity index is 0.000000122. The fourth-order valence-electron chi connectivity index (χ4n) is 19.0. The van der Waals surface area contributed by atoms with Gasteiger partial charge in [0.25, 0.3) is 47.3 Å². The van der Waals surface area contributed by atoms with Gasteiger partial charge in [-0.2, -0.15) is 0 Å². The maximum atomic E-state index is 13.4. The highest BCUT2D eigenvalue weighted by atomic mass is 16.5. The summed E-state index contributed by atoms with van der Waals surface area (Å²) in [5.41, 5.74) is 16.6. The van der Waals surface area contributed by atoms with E-state index in [9.17, 15) is 47.9 Å². The number of benzene rings is 8. The molecule has 0 aromatic heterocycles. The van der Waals surface area contributed by atoms with Crippen molar-refractivity contribution in [3.05, 3.63) is 283 Å². The molecule has 8 aliphatic heterocycles. The molecule has 8 aromatic rings. The molecule has 18 rings (SSSR count). The van der Waals surface area contributed by atoms with Crippen LogP contribution in [0.3, 0.4) is 0 Å². The van der Waals surface area contributed by atoms with Crippen LogP contribution >= 0.6 is 0 Å². The quantitative estimate of drug-likeness (QED) is 0.0371. The highest BCUT2D eigenvalue weighted by Crippen LogP contribution is 2.52. The van der Waals surface area contributed by atoms with Crippen LogP contribution in [0.1, 0.15) is 204 Å². The monoisotopic (exact) mass is 1580 g/mol. The summed E-state index contributed by atoms with van der Waals surface area (Å²) in [5.74, 6) is -1.08. The fourth-order valence-corrected chi connectivity index (χ4v) is 19.0. The van der Waals surface area contributed by atoms with Crippen LogP contribution in [-0.4, -0.2) is 194 Å². The molecular formula is C91H99N13O13. The lowest BCUT2D eigenvalue weighted by molar-refractivity contribution is -0.135. The van der Waals surface area contributed by atoms with Crippen molar-refractivity contribution in [2.45, 2.75) is 131 Å². The van der Waals surface area contributed by atoms with Gasteiger partial charge in [-0.25, -0.2) is 21.2 Å². The maximum Gasteiger partial charge on any atom is 0.319 e. The number of carbonyl (C=O) groups is 10. The molecule has 8 N–H and O–H groups in total. The molecule has 606 valence electrons. The predicted molar refractivity (Wildman–Crippen MR) is 433 cm³/mol. The van der Waals surface area contributed by atoms with E-state index in [0.717, 1.165) is 145 Å². The summed E-state index contributed by atoms with van der Waals surface area (Å²) in [5, 5.41) is 32.3. The van der Waals surface area contributed by atoms with Gasteiger partial charge in [-0.1, -0.05) is 121 Å². The summed E-state index contributed by atoms with van der Waals surface area (Å²) in [7, 11) is 5.10. The number of likely N-dealkylation sites (tertiary alicyclic amines) is 3. The number of hydrogen-bond donors (Lipinski definition) is 8. The second-order valence-corrected chi connectivity index (χ2v) is 32.3. The van der Waals surface area contributed by atoms with Crippen molar-refractivity contribution < 1.29 is 63.6 Å². The van der Waals surface area contributed by atoms with E-state index >= 15 is 0 Å². The minimum atomic E-state index is -0.578. The molecule has 4 spiro atoms. The van der Waals surface area contributed by atoms with Crippen molar-refractivity contribution >= 4 is 59.2 Å². The smallest absolute Gasteiger partial charge is 0.319 e. The predicted octanol–water partition coefficient (Wildman–Crippen LogP) is 10.3. The Kier molecular flexibility index (Phi) is 23.1. The van der Waals surface area contributed by atoms with Gasteiger partial charge in [-0.05, 0) is 207 Å². The number of urea groups is 1. The fraction of sp³-hybridized carbons (Fsp3) is 0.363. The Morgan fingerprint density at radius 3 is 0.940 bits per heavy atom. The summed E-state index contributed by atoms with van der Waals surface area (Å²) in [4.78, 5) is 141. The first kappa shape index (κ1) is 80.3. The number of hydrogen-bond acceptors (Lipinski definition) is 15. The molecule has 11 amide bonds. The van der Waals surface area contributed by atoms with E-state index in [-0.39, 0.29) is 64.0 Å². The number of hydroxylamine groups is 3. The highest BCUT2D eigenvalue weighted by Gasteiger charge is 2.56. The lowest BCUT2D eigenvalue weighted by atomic mass is 9.80. The Labute approximate surface area is 679 Å². The first-order chi connectivity index (χ1) is 56.7. The van der Waals surface area contributed by atoms with Crippen LogP contribution in [0.5, 0.6) is 0 Å². The zero-order chi connectivity index (χ0) is 81.9. The van der Waals surface area contributed by atoms with Crippen LogP contribution in [0.2, 0.25) is 0 Å². The van der Waals surface area contributed by atoms with E-state index < -0.39 is 23.3 Å². The van der Waals surface area contributed by atoms with Gasteiger partial charge in [0.05, 0.1) is 22.2 Å². The Bertz CT molecular complexity index is 4940. The molecule has 0 atom stereocenters. The average Bonchev–Trinajstić information content (AvgIpc) is 1.59. The highest BCUT2D eigenvalue weighted by molar-refractivity contribution is 6.03. The van der Waals surface area contributed by atoms with Crippen molar-refractivity contribution in [1.29, 1.82) is 0 Å². The molecule has 8 heterocycles. The van der Waals surface area contributed by atoms with E-state index in [2.05, 4.69) is 33.7 Å². The normalized spacial score (nSPS) is 18.8. The Morgan fingerprint density at radius 2 is 0.658 bits per heavy atom. The molecule has 0 bridgehead atoms. The number of piperidine rings is 4. The second kappa shape index (κ2) is 33.7. The third-order valence-corrected chi connectivity index (χ3v) is 25.6. The molecule has 10 aliphatic rings. The van der Waals surface area contributed by atoms with Crippen molar-refractivity contribution in [2.24, 2.45) is 5.92 Å². The van der Waals surface area contributed by atoms with Gasteiger partial charge in [-0.15, -0.1) is 0 Å². The molecule has 117 heavy (non-hydrogen) atoms. The molecule has 8 aromatic carbocycles. The number of nitrogens with zero attached hydrogens (tertiary/aromatic N) is 8. The molecule has 2 saturated carbocycles. The van der Waals surface area contributed by atoms with Gasteiger partial charge in [0.1, 0.15) is 0 Å². The van der Waals surface area contributed by atoms with Gasteiger partial charge in [0.15, 0.2) is 0 Å². The van der Waals surface area contributed by atoms with E-state index in [1.807, 2.05) is 145 Å². The summed E-state index contributed by atoms with van der Waals surface area (Å²) < 4.78 is 0. The molecule has 2 aliphatic carbocycles. The topological polar surface area (TPSA) is 317 Å². The number of rotatable bonds is 14. The first-order valence-corrected chi connectivity index (χ1v) is 40.5.